The summed E-state index contributed by atoms with van der Waals surface area (Å²) in [6.45, 7) is 2.17. The molecular formula is C14H18N2O3S. The summed E-state index contributed by atoms with van der Waals surface area (Å²) in [5, 5.41) is 1.05. The highest BCUT2D eigenvalue weighted by Gasteiger charge is 2.23. The van der Waals surface area contributed by atoms with Crippen molar-refractivity contribution in [3.8, 4) is 0 Å². The molecule has 2 N–H and O–H groups in total. The van der Waals surface area contributed by atoms with Crippen molar-refractivity contribution in [2.45, 2.75) is 13.1 Å². The van der Waals surface area contributed by atoms with E-state index in [4.69, 9.17) is 10.2 Å². The van der Waals surface area contributed by atoms with Gasteiger partial charge in [0, 0.05) is 30.6 Å². The Morgan fingerprint density at radius 2 is 1.90 bits per heavy atom. The van der Waals surface area contributed by atoms with Crippen molar-refractivity contribution in [1.82, 2.24) is 4.90 Å². The minimum atomic E-state index is -2.85. The van der Waals surface area contributed by atoms with Crippen molar-refractivity contribution in [3.05, 3.63) is 35.6 Å². The molecule has 1 saturated heterocycles. The number of para-hydroxylation sites is 1. The lowest BCUT2D eigenvalue weighted by atomic mass is 10.1. The zero-order valence-electron chi connectivity index (χ0n) is 11.2. The molecule has 0 atom stereocenters. The van der Waals surface area contributed by atoms with Gasteiger partial charge in [0.05, 0.1) is 18.1 Å². The van der Waals surface area contributed by atoms with E-state index in [1.54, 1.807) is 0 Å². The van der Waals surface area contributed by atoms with Gasteiger partial charge in [0.1, 0.15) is 11.3 Å². The lowest BCUT2D eigenvalue weighted by Crippen LogP contribution is -2.39. The van der Waals surface area contributed by atoms with Crippen LogP contribution in [0, 0.1) is 0 Å². The molecule has 0 unspecified atom stereocenters. The number of rotatable bonds is 3. The quantitative estimate of drug-likeness (QED) is 0.918. The lowest BCUT2D eigenvalue weighted by molar-refractivity contribution is 0.264. The third-order valence-corrected chi connectivity index (χ3v) is 5.40. The van der Waals surface area contributed by atoms with Crippen LogP contribution in [0.15, 0.2) is 28.7 Å². The number of hydrogen-bond donors (Lipinski definition) is 1. The van der Waals surface area contributed by atoms with Crippen LogP contribution >= 0.6 is 0 Å². The standard InChI is InChI=1S/C14H18N2O3S/c15-9-12-11-3-1-2-4-13(11)19-14(12)10-16-5-7-20(17,18)8-6-16/h1-4H,5-10,15H2. The Kier molecular flexibility index (Phi) is 3.54. The van der Waals surface area contributed by atoms with Crippen molar-refractivity contribution in [1.29, 1.82) is 0 Å². The third kappa shape index (κ3) is 2.59. The molecule has 1 fully saturated rings. The predicted molar refractivity (Wildman–Crippen MR) is 78.0 cm³/mol. The molecular weight excluding hydrogens is 276 g/mol. The van der Waals surface area contributed by atoms with Crippen LogP contribution in [-0.2, 0) is 22.9 Å². The van der Waals surface area contributed by atoms with Crippen LogP contribution in [0.1, 0.15) is 11.3 Å². The van der Waals surface area contributed by atoms with Gasteiger partial charge in [-0.1, -0.05) is 18.2 Å². The highest BCUT2D eigenvalue weighted by Crippen LogP contribution is 2.26. The predicted octanol–water partition coefficient (Wildman–Crippen LogP) is 1.12. The van der Waals surface area contributed by atoms with E-state index in [1.165, 1.54) is 0 Å². The molecule has 1 aliphatic rings. The summed E-state index contributed by atoms with van der Waals surface area (Å²) in [5.74, 6) is 1.31. The van der Waals surface area contributed by atoms with Crippen LogP contribution in [0.25, 0.3) is 11.0 Å². The molecule has 0 radical (unpaired) electrons. The summed E-state index contributed by atoms with van der Waals surface area (Å²) in [6.07, 6.45) is 0. The van der Waals surface area contributed by atoms with Gasteiger partial charge in [-0.05, 0) is 6.07 Å². The molecule has 0 saturated carbocycles. The number of sulfone groups is 1. The SMILES string of the molecule is NCc1c(CN2CCS(=O)(=O)CC2)oc2ccccc12. The number of furan rings is 1. The van der Waals surface area contributed by atoms with Gasteiger partial charge in [0.15, 0.2) is 9.84 Å². The molecule has 2 aromatic rings. The van der Waals surface area contributed by atoms with Crippen LogP contribution in [0.3, 0.4) is 0 Å². The van der Waals surface area contributed by atoms with Gasteiger partial charge < -0.3 is 10.2 Å². The highest BCUT2D eigenvalue weighted by atomic mass is 32.2. The Morgan fingerprint density at radius 1 is 1.20 bits per heavy atom. The molecule has 108 valence electrons. The molecule has 0 amide bonds. The molecule has 1 aromatic carbocycles. The zero-order chi connectivity index (χ0) is 14.2. The van der Waals surface area contributed by atoms with Crippen molar-refractivity contribution in [2.24, 2.45) is 5.73 Å². The number of hydrogen-bond acceptors (Lipinski definition) is 5. The lowest BCUT2D eigenvalue weighted by Gasteiger charge is -2.25. The van der Waals surface area contributed by atoms with Gasteiger partial charge in [-0.25, -0.2) is 8.42 Å². The first kappa shape index (κ1) is 13.6. The third-order valence-electron chi connectivity index (χ3n) is 3.79. The van der Waals surface area contributed by atoms with Crippen LogP contribution < -0.4 is 5.73 Å². The fraction of sp³-hybridized carbons (Fsp3) is 0.429. The number of fused-ring (bicyclic) bond motifs is 1. The Bertz CT molecular complexity index is 707. The first-order valence-corrected chi connectivity index (χ1v) is 8.53. The van der Waals surface area contributed by atoms with Crippen LogP contribution in [0.5, 0.6) is 0 Å². The Hall–Kier alpha value is -1.37. The summed E-state index contributed by atoms with van der Waals surface area (Å²) < 4.78 is 28.8. The van der Waals surface area contributed by atoms with E-state index in [0.717, 1.165) is 22.3 Å². The van der Waals surface area contributed by atoms with E-state index in [2.05, 4.69) is 4.90 Å². The maximum Gasteiger partial charge on any atom is 0.152 e. The molecule has 0 bridgehead atoms. The smallest absolute Gasteiger partial charge is 0.152 e. The molecule has 2 heterocycles. The van der Waals surface area contributed by atoms with E-state index >= 15 is 0 Å². The van der Waals surface area contributed by atoms with E-state index in [1.807, 2.05) is 24.3 Å². The van der Waals surface area contributed by atoms with Crippen LogP contribution in [0.4, 0.5) is 0 Å². The summed E-state index contributed by atoms with van der Waals surface area (Å²) >= 11 is 0. The van der Waals surface area contributed by atoms with Gasteiger partial charge in [-0.2, -0.15) is 0 Å². The second-order valence-corrected chi connectivity index (χ2v) is 7.44. The van der Waals surface area contributed by atoms with Crippen LogP contribution in [0.2, 0.25) is 0 Å². The minimum absolute atomic E-state index is 0.227. The molecule has 0 aliphatic carbocycles. The van der Waals surface area contributed by atoms with Gasteiger partial charge >= 0.3 is 0 Å². The molecule has 1 aromatic heterocycles. The summed E-state index contributed by atoms with van der Waals surface area (Å²) in [7, 11) is -2.85. The number of nitrogens with two attached hydrogens (primary N) is 1. The normalized spacial score (nSPS) is 19.4. The van der Waals surface area contributed by atoms with Gasteiger partial charge in [0.2, 0.25) is 0 Å². The average Bonchev–Trinajstić information content (AvgIpc) is 2.78. The zero-order valence-corrected chi connectivity index (χ0v) is 12.0. The van der Waals surface area contributed by atoms with Crippen molar-refractivity contribution in [3.63, 3.8) is 0 Å². The maximum absolute atomic E-state index is 11.4. The van der Waals surface area contributed by atoms with E-state index < -0.39 is 9.84 Å². The van der Waals surface area contributed by atoms with Crippen LogP contribution in [-0.4, -0.2) is 37.9 Å². The maximum atomic E-state index is 11.4. The number of nitrogens with zero attached hydrogens (tertiary/aromatic N) is 1. The highest BCUT2D eigenvalue weighted by molar-refractivity contribution is 7.91. The first-order valence-electron chi connectivity index (χ1n) is 6.71. The average molecular weight is 294 g/mol. The van der Waals surface area contributed by atoms with Gasteiger partial charge in [-0.15, -0.1) is 0 Å². The Morgan fingerprint density at radius 3 is 2.60 bits per heavy atom. The molecule has 3 rings (SSSR count). The second-order valence-electron chi connectivity index (χ2n) is 5.13. The van der Waals surface area contributed by atoms with Crippen molar-refractivity contribution < 1.29 is 12.8 Å². The number of benzene rings is 1. The molecule has 5 nitrogen and oxygen atoms in total. The molecule has 0 spiro atoms. The fourth-order valence-corrected chi connectivity index (χ4v) is 3.89. The Balaban J connectivity index is 1.84. The monoisotopic (exact) mass is 294 g/mol. The fourth-order valence-electron chi connectivity index (χ4n) is 2.61. The van der Waals surface area contributed by atoms with E-state index in [0.29, 0.717) is 26.2 Å². The van der Waals surface area contributed by atoms with Gasteiger partial charge in [-0.3, -0.25) is 4.90 Å². The molecule has 6 heteroatoms. The van der Waals surface area contributed by atoms with E-state index in [-0.39, 0.29) is 11.5 Å². The van der Waals surface area contributed by atoms with Gasteiger partial charge in [0.25, 0.3) is 0 Å². The summed E-state index contributed by atoms with van der Waals surface area (Å²) in [4.78, 5) is 2.11. The Labute approximate surface area is 118 Å². The summed E-state index contributed by atoms with van der Waals surface area (Å²) in [5.41, 5.74) is 7.70. The van der Waals surface area contributed by atoms with Crippen molar-refractivity contribution in [2.75, 3.05) is 24.6 Å². The largest absolute Gasteiger partial charge is 0.459 e. The molecule has 1 aliphatic heterocycles. The topological polar surface area (TPSA) is 76.5 Å². The second kappa shape index (κ2) is 5.20. The minimum Gasteiger partial charge on any atom is -0.459 e. The van der Waals surface area contributed by atoms with E-state index in [9.17, 15) is 8.42 Å². The van der Waals surface area contributed by atoms with Crippen molar-refractivity contribution >= 4 is 20.8 Å². The molecule has 20 heavy (non-hydrogen) atoms. The first-order chi connectivity index (χ1) is 9.59. The summed E-state index contributed by atoms with van der Waals surface area (Å²) in [6, 6.07) is 7.83.